The SMILES string of the molecule is CNN(C)Cc1cc2ccccc2n1CCC(=O)NC(C=O)CS(=O)(=O)O. The van der Waals surface area contributed by atoms with Crippen molar-refractivity contribution in [3.05, 3.63) is 36.0 Å². The Morgan fingerprint density at radius 3 is 2.70 bits per heavy atom. The molecular formula is C17H24N4O5S. The van der Waals surface area contributed by atoms with Gasteiger partial charge in [-0.2, -0.15) is 8.42 Å². The lowest BCUT2D eigenvalue weighted by Crippen LogP contribution is -2.41. The number of nitrogens with zero attached hydrogens (tertiary/aromatic N) is 2. The molecule has 1 aromatic carbocycles. The molecule has 2 rings (SSSR count). The number of carbonyl (C=O) groups is 2. The summed E-state index contributed by atoms with van der Waals surface area (Å²) in [7, 11) is -0.639. The smallest absolute Gasteiger partial charge is 0.267 e. The molecule has 0 saturated carbocycles. The van der Waals surface area contributed by atoms with E-state index in [0.29, 0.717) is 19.4 Å². The number of benzene rings is 1. The van der Waals surface area contributed by atoms with E-state index in [9.17, 15) is 18.0 Å². The highest BCUT2D eigenvalue weighted by atomic mass is 32.2. The number of nitrogens with one attached hydrogen (secondary N) is 2. The lowest BCUT2D eigenvalue weighted by atomic mass is 10.2. The molecule has 1 unspecified atom stereocenters. The van der Waals surface area contributed by atoms with Gasteiger partial charge in [0.15, 0.2) is 0 Å². The van der Waals surface area contributed by atoms with Crippen LogP contribution in [-0.4, -0.2) is 60.6 Å². The summed E-state index contributed by atoms with van der Waals surface area (Å²) in [5.74, 6) is -1.31. The quantitative estimate of drug-likeness (QED) is 0.297. The zero-order valence-corrected chi connectivity index (χ0v) is 16.1. The molecule has 2 aromatic rings. The van der Waals surface area contributed by atoms with Gasteiger partial charge in [0.05, 0.1) is 6.54 Å². The molecule has 0 bridgehead atoms. The van der Waals surface area contributed by atoms with Gasteiger partial charge in [-0.25, -0.2) is 5.01 Å². The van der Waals surface area contributed by atoms with Crippen LogP contribution in [0, 0.1) is 0 Å². The highest BCUT2D eigenvalue weighted by Gasteiger charge is 2.19. The maximum absolute atomic E-state index is 12.1. The molecule has 0 spiro atoms. The predicted octanol–water partition coefficient (Wildman–Crippen LogP) is 0.169. The predicted molar refractivity (Wildman–Crippen MR) is 101 cm³/mol. The standard InChI is InChI=1S/C17H24N4O5S/c1-18-20(2)10-15-9-13-5-3-4-6-16(13)21(15)8-7-17(23)19-14(11-22)12-27(24,25)26/h3-6,9,11,14,18H,7-8,10,12H2,1-2H3,(H,19,23)(H,24,25,26). The molecule has 148 valence electrons. The number of amides is 1. The van der Waals surface area contributed by atoms with Gasteiger partial charge >= 0.3 is 0 Å². The van der Waals surface area contributed by atoms with E-state index in [2.05, 4.69) is 10.7 Å². The van der Waals surface area contributed by atoms with E-state index < -0.39 is 27.8 Å². The van der Waals surface area contributed by atoms with Crippen LogP contribution in [-0.2, 0) is 32.8 Å². The first-order chi connectivity index (χ1) is 12.7. The van der Waals surface area contributed by atoms with Gasteiger partial charge in [-0.1, -0.05) is 18.2 Å². The molecule has 1 aromatic heterocycles. The summed E-state index contributed by atoms with van der Waals surface area (Å²) in [5, 5.41) is 5.28. The minimum Gasteiger partial charge on any atom is -0.345 e. The topological polar surface area (TPSA) is 121 Å². The lowest BCUT2D eigenvalue weighted by Gasteiger charge is -2.18. The molecule has 0 radical (unpaired) electrons. The third kappa shape index (κ3) is 6.14. The molecule has 1 amide bonds. The first-order valence-electron chi connectivity index (χ1n) is 8.39. The number of hydrazine groups is 1. The monoisotopic (exact) mass is 396 g/mol. The largest absolute Gasteiger partial charge is 0.345 e. The minimum atomic E-state index is -4.35. The fraction of sp³-hybridized carbons (Fsp3) is 0.412. The van der Waals surface area contributed by atoms with Crippen molar-refractivity contribution in [1.82, 2.24) is 20.3 Å². The molecular weight excluding hydrogens is 372 g/mol. The van der Waals surface area contributed by atoms with E-state index in [0.717, 1.165) is 16.6 Å². The van der Waals surface area contributed by atoms with E-state index in [-0.39, 0.29) is 6.42 Å². The molecule has 0 aliphatic heterocycles. The van der Waals surface area contributed by atoms with Crippen molar-refractivity contribution < 1.29 is 22.6 Å². The number of hydrogen-bond donors (Lipinski definition) is 3. The fourth-order valence-corrected chi connectivity index (χ4v) is 3.43. The van der Waals surface area contributed by atoms with Crippen LogP contribution in [0.5, 0.6) is 0 Å². The van der Waals surface area contributed by atoms with E-state index >= 15 is 0 Å². The number of aryl methyl sites for hydroxylation is 1. The molecule has 9 nitrogen and oxygen atoms in total. The van der Waals surface area contributed by atoms with Gasteiger partial charge in [0.25, 0.3) is 10.1 Å². The maximum Gasteiger partial charge on any atom is 0.267 e. The molecule has 0 fully saturated rings. The van der Waals surface area contributed by atoms with Gasteiger partial charge in [0, 0.05) is 31.2 Å². The normalized spacial score (nSPS) is 13.0. The zero-order valence-electron chi connectivity index (χ0n) is 15.3. The van der Waals surface area contributed by atoms with Crippen molar-refractivity contribution in [1.29, 1.82) is 0 Å². The van der Waals surface area contributed by atoms with Gasteiger partial charge in [-0.15, -0.1) is 0 Å². The second kappa shape index (κ2) is 9.09. The molecule has 3 N–H and O–H groups in total. The average Bonchev–Trinajstić information content (AvgIpc) is 2.95. The number of aromatic nitrogens is 1. The number of para-hydroxylation sites is 1. The summed E-state index contributed by atoms with van der Waals surface area (Å²) < 4.78 is 32.6. The van der Waals surface area contributed by atoms with Crippen LogP contribution in [0.4, 0.5) is 0 Å². The Bertz CT molecular complexity index is 909. The van der Waals surface area contributed by atoms with E-state index in [4.69, 9.17) is 4.55 Å². The summed E-state index contributed by atoms with van der Waals surface area (Å²) in [6.07, 6.45) is 0.356. The lowest BCUT2D eigenvalue weighted by molar-refractivity contribution is -0.123. The summed E-state index contributed by atoms with van der Waals surface area (Å²) in [6, 6.07) is 8.58. The average molecular weight is 396 g/mol. The third-order valence-corrected chi connectivity index (χ3v) is 4.92. The minimum absolute atomic E-state index is 0.0603. The molecule has 27 heavy (non-hydrogen) atoms. The van der Waals surface area contributed by atoms with Gasteiger partial charge in [-0.05, 0) is 24.6 Å². The fourth-order valence-electron chi connectivity index (χ4n) is 2.82. The highest BCUT2D eigenvalue weighted by Crippen LogP contribution is 2.21. The van der Waals surface area contributed by atoms with Crippen LogP contribution < -0.4 is 10.7 Å². The number of carbonyl (C=O) groups excluding carboxylic acids is 2. The Hall–Kier alpha value is -2.27. The molecule has 1 heterocycles. The Kier molecular flexibility index (Phi) is 7.08. The van der Waals surface area contributed by atoms with Crippen molar-refractivity contribution in [2.45, 2.75) is 25.6 Å². The Morgan fingerprint density at radius 2 is 2.07 bits per heavy atom. The van der Waals surface area contributed by atoms with Gasteiger partial charge in [-0.3, -0.25) is 14.8 Å². The number of fused-ring (bicyclic) bond motifs is 1. The summed E-state index contributed by atoms with van der Waals surface area (Å²) >= 11 is 0. The molecule has 0 saturated heterocycles. The Labute approximate surface area is 158 Å². The van der Waals surface area contributed by atoms with E-state index in [1.54, 1.807) is 0 Å². The molecule has 0 aliphatic carbocycles. The Morgan fingerprint density at radius 1 is 1.37 bits per heavy atom. The third-order valence-electron chi connectivity index (χ3n) is 4.14. The van der Waals surface area contributed by atoms with Crippen molar-refractivity contribution in [2.75, 3.05) is 19.8 Å². The van der Waals surface area contributed by atoms with Crippen LogP contribution in [0.1, 0.15) is 12.1 Å². The number of rotatable bonds is 10. The molecule has 0 aliphatic rings. The van der Waals surface area contributed by atoms with E-state index in [1.807, 2.05) is 54.0 Å². The van der Waals surface area contributed by atoms with E-state index in [1.165, 1.54) is 0 Å². The van der Waals surface area contributed by atoms with Gasteiger partial charge < -0.3 is 14.7 Å². The van der Waals surface area contributed by atoms with Crippen LogP contribution in [0.15, 0.2) is 30.3 Å². The molecule has 1 atom stereocenters. The first kappa shape index (κ1) is 21.0. The maximum atomic E-state index is 12.1. The summed E-state index contributed by atoms with van der Waals surface area (Å²) in [5.41, 5.74) is 5.01. The summed E-state index contributed by atoms with van der Waals surface area (Å²) in [6.45, 7) is 0.982. The van der Waals surface area contributed by atoms with Crippen LogP contribution in [0.3, 0.4) is 0 Å². The number of hydrogen-bond acceptors (Lipinski definition) is 6. The van der Waals surface area contributed by atoms with Crippen molar-refractivity contribution in [3.8, 4) is 0 Å². The second-order valence-electron chi connectivity index (χ2n) is 6.23. The highest BCUT2D eigenvalue weighted by molar-refractivity contribution is 7.85. The van der Waals surface area contributed by atoms with Crippen molar-refractivity contribution in [2.24, 2.45) is 0 Å². The van der Waals surface area contributed by atoms with Crippen LogP contribution in [0.25, 0.3) is 10.9 Å². The zero-order chi connectivity index (χ0) is 20.0. The number of aldehydes is 1. The van der Waals surface area contributed by atoms with Gasteiger partial charge in [0.1, 0.15) is 18.1 Å². The molecule has 10 heteroatoms. The second-order valence-corrected chi connectivity index (χ2v) is 7.73. The van der Waals surface area contributed by atoms with Crippen molar-refractivity contribution >= 4 is 33.2 Å². The Balaban J connectivity index is 2.12. The first-order valence-corrected chi connectivity index (χ1v) is 10.00. The van der Waals surface area contributed by atoms with Crippen LogP contribution >= 0.6 is 0 Å². The van der Waals surface area contributed by atoms with Gasteiger partial charge in [0.2, 0.25) is 5.91 Å². The van der Waals surface area contributed by atoms with Crippen LogP contribution in [0.2, 0.25) is 0 Å². The summed E-state index contributed by atoms with van der Waals surface area (Å²) in [4.78, 5) is 23.1. The van der Waals surface area contributed by atoms with Crippen molar-refractivity contribution in [3.63, 3.8) is 0 Å².